The summed E-state index contributed by atoms with van der Waals surface area (Å²) >= 11 is 4.99. The molecule has 1 aliphatic rings. The van der Waals surface area contributed by atoms with E-state index in [9.17, 15) is 13.2 Å². The number of carbonyl (C=O) groups is 1. The summed E-state index contributed by atoms with van der Waals surface area (Å²) in [6.07, 6.45) is 0.951. The smallest absolute Gasteiger partial charge is 0.243 e. The molecule has 1 aliphatic heterocycles. The van der Waals surface area contributed by atoms with E-state index in [2.05, 4.69) is 15.9 Å². The van der Waals surface area contributed by atoms with Crippen LogP contribution in [0.2, 0.25) is 0 Å². The van der Waals surface area contributed by atoms with Gasteiger partial charge in [-0.25, -0.2) is 13.4 Å². The van der Waals surface area contributed by atoms with Gasteiger partial charge in [0, 0.05) is 36.6 Å². The van der Waals surface area contributed by atoms with Gasteiger partial charge < -0.3 is 9.64 Å². The maximum Gasteiger partial charge on any atom is 0.243 e. The minimum Gasteiger partial charge on any atom is -0.497 e. The van der Waals surface area contributed by atoms with Crippen molar-refractivity contribution in [2.24, 2.45) is 5.92 Å². The number of hydrogen-bond acceptors (Lipinski definition) is 7. The van der Waals surface area contributed by atoms with E-state index in [-0.39, 0.29) is 16.7 Å². The van der Waals surface area contributed by atoms with Crippen LogP contribution in [0.15, 0.2) is 51.8 Å². The number of aromatic nitrogens is 1. The molecule has 0 atom stereocenters. The zero-order valence-corrected chi connectivity index (χ0v) is 23.2. The largest absolute Gasteiger partial charge is 0.497 e. The number of hydrogen-bond donors (Lipinski definition) is 0. The Morgan fingerprint density at radius 1 is 1.14 bits per heavy atom. The van der Waals surface area contributed by atoms with E-state index >= 15 is 0 Å². The molecule has 1 saturated heterocycles. The van der Waals surface area contributed by atoms with E-state index in [1.54, 1.807) is 36.3 Å². The maximum atomic E-state index is 13.6. The molecule has 8 nitrogen and oxygen atoms in total. The van der Waals surface area contributed by atoms with Crippen LogP contribution >= 0.6 is 27.3 Å². The molecule has 2 aromatic carbocycles. The van der Waals surface area contributed by atoms with Gasteiger partial charge in [-0.05, 0) is 69.4 Å². The number of methoxy groups -OCH3 is 1. The molecule has 188 valence electrons. The van der Waals surface area contributed by atoms with Gasteiger partial charge in [-0.3, -0.25) is 9.69 Å². The lowest BCUT2D eigenvalue weighted by molar-refractivity contribution is -0.123. The third-order valence-corrected chi connectivity index (χ3v) is 9.55. The molecule has 11 heteroatoms. The lowest BCUT2D eigenvalue weighted by atomic mass is 9.96. The standard InChI is InChI=1S/C24H29BrN4O4S2/c1-27(2)14-15-29(24-26-21-9-4-18(25)16-22(21)34-24)23(30)17-10-12-28(13-11-17)35(31,32)20-7-5-19(33-3)6-8-20/h4-9,16-17H,10-15H2,1-3H3. The number of halogens is 1. The number of sulfonamides is 1. The van der Waals surface area contributed by atoms with Crippen LogP contribution in [0.4, 0.5) is 5.13 Å². The first-order chi connectivity index (χ1) is 16.7. The van der Waals surface area contributed by atoms with Crippen molar-refractivity contribution in [1.29, 1.82) is 0 Å². The van der Waals surface area contributed by atoms with Crippen LogP contribution in [0.25, 0.3) is 10.2 Å². The molecule has 0 aliphatic carbocycles. The second kappa shape index (κ2) is 10.9. The number of anilines is 1. The summed E-state index contributed by atoms with van der Waals surface area (Å²) in [6, 6.07) is 12.3. The number of thiazole rings is 1. The Morgan fingerprint density at radius 3 is 2.46 bits per heavy atom. The average Bonchev–Trinajstić information content (AvgIpc) is 3.26. The van der Waals surface area contributed by atoms with Gasteiger partial charge in [0.15, 0.2) is 5.13 Å². The maximum absolute atomic E-state index is 13.6. The number of likely N-dealkylation sites (N-methyl/N-ethyl adjacent to an activating group) is 1. The average molecular weight is 582 g/mol. The van der Waals surface area contributed by atoms with Crippen LogP contribution in [-0.2, 0) is 14.8 Å². The quantitative estimate of drug-likeness (QED) is 0.399. The second-order valence-corrected chi connectivity index (χ2v) is 12.6. The predicted molar refractivity (Wildman–Crippen MR) is 143 cm³/mol. The van der Waals surface area contributed by atoms with Crippen LogP contribution < -0.4 is 9.64 Å². The van der Waals surface area contributed by atoms with Gasteiger partial charge in [0.05, 0.1) is 22.2 Å². The fourth-order valence-corrected chi connectivity index (χ4v) is 7.08. The molecule has 0 spiro atoms. The number of rotatable bonds is 8. The molecular weight excluding hydrogens is 552 g/mol. The number of nitrogens with zero attached hydrogens (tertiary/aromatic N) is 4. The van der Waals surface area contributed by atoms with E-state index in [1.165, 1.54) is 15.6 Å². The second-order valence-electron chi connectivity index (χ2n) is 8.76. The Balaban J connectivity index is 1.49. The van der Waals surface area contributed by atoms with Crippen molar-refractivity contribution in [1.82, 2.24) is 14.2 Å². The van der Waals surface area contributed by atoms with E-state index in [0.29, 0.717) is 49.9 Å². The topological polar surface area (TPSA) is 83.0 Å². The van der Waals surface area contributed by atoms with E-state index < -0.39 is 10.0 Å². The first-order valence-corrected chi connectivity index (χ1v) is 14.4. The fourth-order valence-electron chi connectivity index (χ4n) is 4.06. The number of piperidine rings is 1. The number of benzene rings is 2. The van der Waals surface area contributed by atoms with Crippen molar-refractivity contribution in [3.05, 3.63) is 46.9 Å². The normalized spacial score (nSPS) is 15.6. The van der Waals surface area contributed by atoms with E-state index in [4.69, 9.17) is 9.72 Å². The van der Waals surface area contributed by atoms with Crippen LogP contribution in [0.3, 0.4) is 0 Å². The van der Waals surface area contributed by atoms with Gasteiger partial charge in [-0.1, -0.05) is 27.3 Å². The van der Waals surface area contributed by atoms with E-state index in [1.807, 2.05) is 37.2 Å². The first-order valence-electron chi connectivity index (χ1n) is 11.4. The van der Waals surface area contributed by atoms with Crippen LogP contribution in [-0.4, -0.2) is 75.9 Å². The molecule has 0 bridgehead atoms. The van der Waals surface area contributed by atoms with Crippen molar-refractivity contribution in [2.45, 2.75) is 17.7 Å². The molecule has 0 N–H and O–H groups in total. The predicted octanol–water partition coefficient (Wildman–Crippen LogP) is 4.06. The lowest BCUT2D eigenvalue weighted by Crippen LogP contribution is -2.46. The van der Waals surface area contributed by atoms with Gasteiger partial charge >= 0.3 is 0 Å². The SMILES string of the molecule is COc1ccc(S(=O)(=O)N2CCC(C(=O)N(CCN(C)C)c3nc4ccc(Br)cc4s3)CC2)cc1. The van der Waals surface area contributed by atoms with Crippen LogP contribution in [0.5, 0.6) is 5.75 Å². The Kier molecular flexibility index (Phi) is 8.12. The van der Waals surface area contributed by atoms with Gasteiger partial charge in [0.25, 0.3) is 0 Å². The highest BCUT2D eigenvalue weighted by atomic mass is 79.9. The molecule has 35 heavy (non-hydrogen) atoms. The van der Waals surface area contributed by atoms with Gasteiger partial charge in [-0.2, -0.15) is 4.31 Å². The summed E-state index contributed by atoms with van der Waals surface area (Å²) in [5.41, 5.74) is 0.858. The first kappa shape index (κ1) is 26.0. The Bertz CT molecular complexity index is 1290. The van der Waals surface area contributed by atoms with Crippen LogP contribution in [0.1, 0.15) is 12.8 Å². The monoisotopic (exact) mass is 580 g/mol. The number of amides is 1. The number of ether oxygens (including phenoxy) is 1. The Labute approximate surface area is 218 Å². The molecule has 3 aromatic rings. The number of fused-ring (bicyclic) bond motifs is 1. The summed E-state index contributed by atoms with van der Waals surface area (Å²) < 4.78 is 34.8. The lowest BCUT2D eigenvalue weighted by Gasteiger charge is -2.33. The third kappa shape index (κ3) is 5.86. The van der Waals surface area contributed by atoms with Crippen molar-refractivity contribution < 1.29 is 17.9 Å². The highest BCUT2D eigenvalue weighted by Gasteiger charge is 2.35. The van der Waals surface area contributed by atoms with E-state index in [0.717, 1.165) is 14.7 Å². The minimum absolute atomic E-state index is 0.00599. The highest BCUT2D eigenvalue weighted by molar-refractivity contribution is 9.10. The van der Waals surface area contributed by atoms with Crippen molar-refractivity contribution in [2.75, 3.05) is 52.3 Å². The molecular formula is C24H29BrN4O4S2. The van der Waals surface area contributed by atoms with Crippen molar-refractivity contribution in [3.8, 4) is 5.75 Å². The summed E-state index contributed by atoms with van der Waals surface area (Å²) in [5, 5.41) is 0.679. The molecule has 2 heterocycles. The molecule has 0 radical (unpaired) electrons. The van der Waals surface area contributed by atoms with Gasteiger partial charge in [0.2, 0.25) is 15.9 Å². The summed E-state index contributed by atoms with van der Waals surface area (Å²) in [5.74, 6) is 0.359. The zero-order chi connectivity index (χ0) is 25.2. The van der Waals surface area contributed by atoms with Gasteiger partial charge in [-0.15, -0.1) is 0 Å². The third-order valence-electron chi connectivity index (χ3n) is 6.11. The summed E-state index contributed by atoms with van der Waals surface area (Å²) in [6.45, 7) is 1.84. The Morgan fingerprint density at radius 2 is 1.83 bits per heavy atom. The summed E-state index contributed by atoms with van der Waals surface area (Å²) in [4.78, 5) is 22.4. The van der Waals surface area contributed by atoms with Gasteiger partial charge in [0.1, 0.15) is 5.75 Å². The zero-order valence-electron chi connectivity index (χ0n) is 20.0. The van der Waals surface area contributed by atoms with Crippen molar-refractivity contribution in [3.63, 3.8) is 0 Å². The van der Waals surface area contributed by atoms with Crippen molar-refractivity contribution >= 4 is 58.5 Å². The molecule has 1 amide bonds. The summed E-state index contributed by atoms with van der Waals surface area (Å²) in [7, 11) is 1.87. The number of carbonyl (C=O) groups excluding carboxylic acids is 1. The molecule has 0 unspecified atom stereocenters. The highest BCUT2D eigenvalue weighted by Crippen LogP contribution is 2.33. The molecule has 1 aromatic heterocycles. The molecule has 4 rings (SSSR count). The van der Waals surface area contributed by atoms with Crippen LogP contribution in [0, 0.1) is 5.92 Å². The molecule has 0 saturated carbocycles. The molecule has 1 fully saturated rings. The fraction of sp³-hybridized carbons (Fsp3) is 0.417. The Hall–Kier alpha value is -2.05. The minimum atomic E-state index is -3.62.